The second-order valence-electron chi connectivity index (χ2n) is 6.71. The molecule has 0 saturated carbocycles. The number of carbonyl (C=O) groups is 1. The summed E-state index contributed by atoms with van der Waals surface area (Å²) in [6.07, 6.45) is 1.06. The van der Waals surface area contributed by atoms with Crippen LogP contribution < -0.4 is 11.3 Å². The zero-order valence-electron chi connectivity index (χ0n) is 12.7. The maximum atomic E-state index is 12.5. The summed E-state index contributed by atoms with van der Waals surface area (Å²) < 4.78 is 1.88. The predicted molar refractivity (Wildman–Crippen MR) is 80.9 cm³/mol. The van der Waals surface area contributed by atoms with Gasteiger partial charge in [0.1, 0.15) is 0 Å². The molecule has 5 nitrogen and oxygen atoms in total. The molecule has 1 aromatic rings. The summed E-state index contributed by atoms with van der Waals surface area (Å²) in [5.41, 5.74) is 7.15. The van der Waals surface area contributed by atoms with Crippen LogP contribution in [0, 0.1) is 11.8 Å². The lowest BCUT2D eigenvalue weighted by molar-refractivity contribution is -0.136. The molecule has 0 aliphatic carbocycles. The molecule has 1 fully saturated rings. The molecule has 5 heteroatoms. The first kappa shape index (κ1) is 14.3. The first-order valence-corrected chi connectivity index (χ1v) is 7.71. The Labute approximate surface area is 124 Å². The molecule has 0 radical (unpaired) electrons. The van der Waals surface area contributed by atoms with Gasteiger partial charge in [0.2, 0.25) is 5.91 Å². The first-order chi connectivity index (χ1) is 9.97. The number of aromatic nitrogens is 1. The Balaban J connectivity index is 1.85. The van der Waals surface area contributed by atoms with Crippen LogP contribution in [0.2, 0.25) is 0 Å². The molecule has 1 aromatic heterocycles. The number of nitrogens with zero attached hydrogens (tertiary/aromatic N) is 2. The topological polar surface area (TPSA) is 68.3 Å². The van der Waals surface area contributed by atoms with Crippen LogP contribution in [0.3, 0.4) is 0 Å². The Hall–Kier alpha value is -1.62. The molecule has 2 N–H and O–H groups in total. The lowest BCUT2D eigenvalue weighted by Crippen LogP contribution is -2.54. The van der Waals surface area contributed by atoms with Crippen molar-refractivity contribution in [2.75, 3.05) is 13.1 Å². The highest BCUT2D eigenvalue weighted by atomic mass is 16.2. The summed E-state index contributed by atoms with van der Waals surface area (Å²) in [6.45, 7) is 6.06. The number of hydrogen-bond acceptors (Lipinski definition) is 3. The van der Waals surface area contributed by atoms with Crippen molar-refractivity contribution in [2.24, 2.45) is 17.6 Å². The number of carbonyl (C=O) groups excluding carboxylic acids is 1. The minimum Gasteiger partial charge on any atom is -0.340 e. The molecule has 3 rings (SSSR count). The lowest BCUT2D eigenvalue weighted by atomic mass is 9.82. The van der Waals surface area contributed by atoms with Gasteiger partial charge in [-0.1, -0.05) is 19.9 Å². The van der Waals surface area contributed by atoms with E-state index in [9.17, 15) is 9.59 Å². The Morgan fingerprint density at radius 1 is 1.29 bits per heavy atom. The number of nitrogens with two attached hydrogens (primary N) is 1. The van der Waals surface area contributed by atoms with E-state index in [4.69, 9.17) is 5.73 Å². The van der Waals surface area contributed by atoms with Gasteiger partial charge in [0.05, 0.1) is 6.04 Å². The molecule has 0 aromatic carbocycles. The summed E-state index contributed by atoms with van der Waals surface area (Å²) in [5, 5.41) is 0. The van der Waals surface area contributed by atoms with E-state index >= 15 is 0 Å². The summed E-state index contributed by atoms with van der Waals surface area (Å²) in [4.78, 5) is 26.4. The van der Waals surface area contributed by atoms with Crippen molar-refractivity contribution in [3.05, 3.63) is 34.2 Å². The lowest BCUT2D eigenvalue weighted by Gasteiger charge is -2.43. The molecular formula is C16H23N3O2. The van der Waals surface area contributed by atoms with Gasteiger partial charge in [-0.25, -0.2) is 0 Å². The minimum absolute atomic E-state index is 0.0476. The highest BCUT2D eigenvalue weighted by molar-refractivity contribution is 5.82. The smallest absolute Gasteiger partial charge is 0.250 e. The van der Waals surface area contributed by atoms with Crippen molar-refractivity contribution in [3.63, 3.8) is 0 Å². The van der Waals surface area contributed by atoms with Gasteiger partial charge in [0, 0.05) is 37.3 Å². The highest BCUT2D eigenvalue weighted by Crippen LogP contribution is 2.35. The number of piperidine rings is 1. The largest absolute Gasteiger partial charge is 0.340 e. The summed E-state index contributed by atoms with van der Waals surface area (Å²) in [7, 11) is 0. The van der Waals surface area contributed by atoms with E-state index < -0.39 is 6.04 Å². The second-order valence-corrected chi connectivity index (χ2v) is 6.71. The fourth-order valence-electron chi connectivity index (χ4n) is 3.57. The van der Waals surface area contributed by atoms with Gasteiger partial charge in [-0.15, -0.1) is 0 Å². The van der Waals surface area contributed by atoms with Gasteiger partial charge >= 0.3 is 0 Å². The molecule has 2 aliphatic heterocycles. The normalized spacial score (nSPS) is 25.6. The van der Waals surface area contributed by atoms with E-state index in [1.165, 1.54) is 0 Å². The van der Waals surface area contributed by atoms with Gasteiger partial charge in [-0.3, -0.25) is 9.59 Å². The quantitative estimate of drug-likeness (QED) is 0.874. The molecule has 0 spiro atoms. The number of likely N-dealkylation sites (tertiary alicyclic amines) is 1. The first-order valence-electron chi connectivity index (χ1n) is 7.71. The fourth-order valence-corrected chi connectivity index (χ4v) is 3.57. The third kappa shape index (κ3) is 2.50. The van der Waals surface area contributed by atoms with Crippen LogP contribution in [-0.2, 0) is 11.3 Å². The van der Waals surface area contributed by atoms with Crippen LogP contribution in [0.1, 0.15) is 31.9 Å². The van der Waals surface area contributed by atoms with Gasteiger partial charge in [-0.2, -0.15) is 0 Å². The fraction of sp³-hybridized carbons (Fsp3) is 0.625. The van der Waals surface area contributed by atoms with Crippen molar-refractivity contribution in [1.82, 2.24) is 9.47 Å². The molecule has 2 bridgehead atoms. The van der Waals surface area contributed by atoms with Crippen LogP contribution in [0.5, 0.6) is 0 Å². The Kier molecular flexibility index (Phi) is 3.61. The van der Waals surface area contributed by atoms with Gasteiger partial charge in [-0.05, 0) is 24.3 Å². The highest BCUT2D eigenvalue weighted by Gasteiger charge is 2.37. The minimum atomic E-state index is -0.429. The maximum absolute atomic E-state index is 12.5. The molecule has 1 amide bonds. The summed E-state index contributed by atoms with van der Waals surface area (Å²) >= 11 is 0. The number of fused-ring (bicyclic) bond motifs is 4. The third-order valence-electron chi connectivity index (χ3n) is 4.79. The van der Waals surface area contributed by atoms with Crippen LogP contribution in [0.25, 0.3) is 0 Å². The monoisotopic (exact) mass is 289 g/mol. The number of rotatable bonds is 2. The van der Waals surface area contributed by atoms with Crippen molar-refractivity contribution >= 4 is 5.91 Å². The van der Waals surface area contributed by atoms with Crippen molar-refractivity contribution in [3.8, 4) is 0 Å². The average Bonchev–Trinajstić information content (AvgIpc) is 2.46. The average molecular weight is 289 g/mol. The van der Waals surface area contributed by atoms with Crippen molar-refractivity contribution in [1.29, 1.82) is 0 Å². The zero-order valence-corrected chi connectivity index (χ0v) is 12.7. The van der Waals surface area contributed by atoms with E-state index in [-0.39, 0.29) is 23.3 Å². The van der Waals surface area contributed by atoms with E-state index in [2.05, 4.69) is 0 Å². The number of hydrogen-bond donors (Lipinski definition) is 1. The number of pyridine rings is 1. The molecule has 0 unspecified atom stereocenters. The Morgan fingerprint density at radius 2 is 2.05 bits per heavy atom. The van der Waals surface area contributed by atoms with E-state index in [0.29, 0.717) is 19.0 Å². The van der Waals surface area contributed by atoms with Gasteiger partial charge in [0.15, 0.2) is 0 Å². The molecule has 114 valence electrons. The van der Waals surface area contributed by atoms with Crippen molar-refractivity contribution < 1.29 is 4.79 Å². The van der Waals surface area contributed by atoms with Gasteiger partial charge < -0.3 is 15.2 Å². The SMILES string of the molecule is CC(C)[C@@H](N)C(=O)N1C[C@@H]2C[C@H](C1)c1cccc(=O)n1C2. The molecule has 2 aliphatic rings. The van der Waals surface area contributed by atoms with Crippen LogP contribution in [-0.4, -0.2) is 34.5 Å². The Morgan fingerprint density at radius 3 is 2.76 bits per heavy atom. The predicted octanol–water partition coefficient (Wildman–Crippen LogP) is 0.777. The van der Waals surface area contributed by atoms with E-state index in [1.807, 2.05) is 35.4 Å². The summed E-state index contributed by atoms with van der Waals surface area (Å²) in [6, 6.07) is 5.01. The molecule has 1 saturated heterocycles. The molecular weight excluding hydrogens is 266 g/mol. The van der Waals surface area contributed by atoms with Gasteiger partial charge in [0.25, 0.3) is 5.56 Å². The van der Waals surface area contributed by atoms with Crippen LogP contribution in [0.4, 0.5) is 0 Å². The maximum Gasteiger partial charge on any atom is 0.250 e. The van der Waals surface area contributed by atoms with Crippen molar-refractivity contribution in [2.45, 2.75) is 38.8 Å². The molecule has 3 atom stereocenters. The zero-order chi connectivity index (χ0) is 15.1. The van der Waals surface area contributed by atoms with Crippen LogP contribution in [0.15, 0.2) is 23.0 Å². The molecule has 3 heterocycles. The molecule has 21 heavy (non-hydrogen) atoms. The second kappa shape index (κ2) is 5.30. The number of amides is 1. The van der Waals surface area contributed by atoms with Crippen LogP contribution >= 0.6 is 0 Å². The van der Waals surface area contributed by atoms with E-state index in [0.717, 1.165) is 18.7 Å². The Bertz CT molecular complexity index is 608. The summed E-state index contributed by atoms with van der Waals surface area (Å²) in [5.74, 6) is 0.815. The van der Waals surface area contributed by atoms with E-state index in [1.54, 1.807) is 6.07 Å². The third-order valence-corrected chi connectivity index (χ3v) is 4.79. The standard InChI is InChI=1S/C16H23N3O2/c1-10(2)15(17)16(21)18-7-11-6-12(9-18)13-4-3-5-14(20)19(13)8-11/h3-5,10-12,15H,6-9,17H2,1-2H3/t11-,12+,15+/m0/s1.